The summed E-state index contributed by atoms with van der Waals surface area (Å²) in [5, 5.41) is 8.24. The molecule has 0 radical (unpaired) electrons. The fourth-order valence-electron chi connectivity index (χ4n) is 2.27. The molecule has 27 heavy (non-hydrogen) atoms. The van der Waals surface area contributed by atoms with Gasteiger partial charge in [-0.05, 0) is 48.9 Å². The Kier molecular flexibility index (Phi) is 7.31. The van der Waals surface area contributed by atoms with Crippen LogP contribution in [0.5, 0.6) is 0 Å². The van der Waals surface area contributed by atoms with Gasteiger partial charge in [0.15, 0.2) is 0 Å². The quantitative estimate of drug-likeness (QED) is 0.630. The van der Waals surface area contributed by atoms with E-state index in [-0.39, 0.29) is 23.9 Å². The van der Waals surface area contributed by atoms with Crippen LogP contribution in [-0.2, 0) is 9.59 Å². The molecule has 0 atom stereocenters. The van der Waals surface area contributed by atoms with Gasteiger partial charge in [0.05, 0.1) is 5.69 Å². The Labute approximate surface area is 161 Å². The predicted molar refractivity (Wildman–Crippen MR) is 102 cm³/mol. The Morgan fingerprint density at radius 2 is 1.74 bits per heavy atom. The molecule has 3 amide bonds. The van der Waals surface area contributed by atoms with Crippen molar-refractivity contribution in [2.75, 3.05) is 17.2 Å². The van der Waals surface area contributed by atoms with E-state index >= 15 is 0 Å². The number of hydrogen-bond acceptors (Lipinski definition) is 3. The van der Waals surface area contributed by atoms with Crippen LogP contribution in [0.4, 0.5) is 15.8 Å². The Morgan fingerprint density at radius 3 is 2.41 bits per heavy atom. The van der Waals surface area contributed by atoms with E-state index in [1.54, 1.807) is 24.3 Å². The van der Waals surface area contributed by atoms with Crippen molar-refractivity contribution in [1.82, 2.24) is 5.32 Å². The first-order valence-corrected chi connectivity index (χ1v) is 8.63. The number of rotatable bonds is 7. The van der Waals surface area contributed by atoms with E-state index in [0.29, 0.717) is 29.2 Å². The second kappa shape index (κ2) is 9.68. The minimum Gasteiger partial charge on any atom is -0.352 e. The molecule has 3 N–H and O–H groups in total. The molecule has 2 aromatic rings. The van der Waals surface area contributed by atoms with Crippen molar-refractivity contribution in [3.05, 3.63) is 58.9 Å². The van der Waals surface area contributed by atoms with Crippen molar-refractivity contribution in [1.29, 1.82) is 0 Å². The lowest BCUT2D eigenvalue weighted by atomic mass is 10.2. The van der Waals surface area contributed by atoms with E-state index in [4.69, 9.17) is 11.6 Å². The number of halogens is 2. The SMILES string of the molecule is CC(=O)Nc1cc(NC(=O)CCCNC(=O)c2ccc(Cl)cc2)ccc1F. The standard InChI is InChI=1S/C19H19ClFN3O3/c1-12(25)23-17-11-15(8-9-16(17)21)24-18(26)3-2-10-22-19(27)13-4-6-14(20)7-5-13/h4-9,11H,2-3,10H2,1H3,(H,22,27)(H,23,25)(H,24,26). The second-order valence-electron chi connectivity index (χ2n) is 5.79. The van der Waals surface area contributed by atoms with E-state index in [2.05, 4.69) is 16.0 Å². The van der Waals surface area contributed by atoms with Gasteiger partial charge in [0.1, 0.15) is 5.82 Å². The third-order valence-electron chi connectivity index (χ3n) is 3.53. The molecule has 0 aliphatic carbocycles. The molecule has 2 rings (SSSR count). The van der Waals surface area contributed by atoms with Crippen LogP contribution >= 0.6 is 11.6 Å². The fourth-order valence-corrected chi connectivity index (χ4v) is 2.39. The molecule has 0 bridgehead atoms. The van der Waals surface area contributed by atoms with Crippen molar-refractivity contribution in [2.45, 2.75) is 19.8 Å². The Balaban J connectivity index is 1.77. The molecular formula is C19H19ClFN3O3. The first-order chi connectivity index (χ1) is 12.8. The smallest absolute Gasteiger partial charge is 0.251 e. The van der Waals surface area contributed by atoms with Gasteiger partial charge in [-0.25, -0.2) is 4.39 Å². The van der Waals surface area contributed by atoms with Gasteiger partial charge in [-0.2, -0.15) is 0 Å². The molecular weight excluding hydrogens is 373 g/mol. The predicted octanol–water partition coefficient (Wildman–Crippen LogP) is 3.59. The summed E-state index contributed by atoms with van der Waals surface area (Å²) in [5.74, 6) is -1.52. The second-order valence-corrected chi connectivity index (χ2v) is 6.23. The van der Waals surface area contributed by atoms with E-state index in [9.17, 15) is 18.8 Å². The Hall–Kier alpha value is -2.93. The van der Waals surface area contributed by atoms with E-state index in [1.165, 1.54) is 19.1 Å². The number of carbonyl (C=O) groups is 3. The van der Waals surface area contributed by atoms with E-state index in [0.717, 1.165) is 6.07 Å². The lowest BCUT2D eigenvalue weighted by Gasteiger charge is -2.09. The van der Waals surface area contributed by atoms with Crippen LogP contribution in [0.3, 0.4) is 0 Å². The van der Waals surface area contributed by atoms with Gasteiger partial charge < -0.3 is 16.0 Å². The third-order valence-corrected chi connectivity index (χ3v) is 3.79. The number of benzene rings is 2. The van der Waals surface area contributed by atoms with E-state index < -0.39 is 11.7 Å². The number of anilines is 2. The highest BCUT2D eigenvalue weighted by molar-refractivity contribution is 6.30. The zero-order valence-corrected chi connectivity index (χ0v) is 15.4. The summed E-state index contributed by atoms with van der Waals surface area (Å²) in [7, 11) is 0. The molecule has 0 aliphatic rings. The van der Waals surface area contributed by atoms with Gasteiger partial charge in [-0.3, -0.25) is 14.4 Å². The molecule has 0 unspecified atom stereocenters. The average Bonchev–Trinajstić information content (AvgIpc) is 2.61. The molecule has 0 saturated carbocycles. The van der Waals surface area contributed by atoms with Crippen molar-refractivity contribution in [2.24, 2.45) is 0 Å². The van der Waals surface area contributed by atoms with Crippen LogP contribution in [0.1, 0.15) is 30.1 Å². The summed E-state index contributed by atoms with van der Waals surface area (Å²) in [6.07, 6.45) is 0.610. The lowest BCUT2D eigenvalue weighted by molar-refractivity contribution is -0.116. The van der Waals surface area contributed by atoms with Crippen LogP contribution in [0.25, 0.3) is 0 Å². The minimum atomic E-state index is -0.590. The zero-order valence-electron chi connectivity index (χ0n) is 14.6. The first-order valence-electron chi connectivity index (χ1n) is 8.26. The van der Waals surface area contributed by atoms with E-state index in [1.807, 2.05) is 0 Å². The summed E-state index contributed by atoms with van der Waals surface area (Å²) in [6.45, 7) is 1.60. The average molecular weight is 392 g/mol. The van der Waals surface area contributed by atoms with Crippen molar-refractivity contribution >= 4 is 40.7 Å². The van der Waals surface area contributed by atoms with Gasteiger partial charge >= 0.3 is 0 Å². The van der Waals surface area contributed by atoms with Crippen molar-refractivity contribution in [3.8, 4) is 0 Å². The minimum absolute atomic E-state index is 0.00414. The normalized spacial score (nSPS) is 10.2. The van der Waals surface area contributed by atoms with Gasteiger partial charge in [-0.15, -0.1) is 0 Å². The molecule has 0 heterocycles. The summed E-state index contributed by atoms with van der Waals surface area (Å²) < 4.78 is 13.6. The van der Waals surface area contributed by atoms with Crippen LogP contribution in [0.2, 0.25) is 5.02 Å². The maximum atomic E-state index is 13.6. The highest BCUT2D eigenvalue weighted by Gasteiger charge is 2.09. The highest BCUT2D eigenvalue weighted by Crippen LogP contribution is 2.19. The van der Waals surface area contributed by atoms with Crippen LogP contribution < -0.4 is 16.0 Å². The molecule has 0 fully saturated rings. The fraction of sp³-hybridized carbons (Fsp3) is 0.211. The van der Waals surface area contributed by atoms with Crippen LogP contribution in [0.15, 0.2) is 42.5 Å². The maximum Gasteiger partial charge on any atom is 0.251 e. The molecule has 6 nitrogen and oxygen atoms in total. The number of hydrogen-bond donors (Lipinski definition) is 3. The van der Waals surface area contributed by atoms with Crippen LogP contribution in [0, 0.1) is 5.82 Å². The monoisotopic (exact) mass is 391 g/mol. The summed E-state index contributed by atoms with van der Waals surface area (Å²) in [5.41, 5.74) is 0.853. The number of nitrogens with one attached hydrogen (secondary N) is 3. The Morgan fingerprint density at radius 1 is 1.04 bits per heavy atom. The molecule has 8 heteroatoms. The topological polar surface area (TPSA) is 87.3 Å². The Bertz CT molecular complexity index is 841. The molecule has 0 saturated heterocycles. The summed E-state index contributed by atoms with van der Waals surface area (Å²) in [6, 6.07) is 10.4. The first kappa shape index (κ1) is 20.4. The number of amides is 3. The van der Waals surface area contributed by atoms with Gasteiger partial charge in [0.2, 0.25) is 11.8 Å². The molecule has 0 aliphatic heterocycles. The van der Waals surface area contributed by atoms with Gasteiger partial charge in [0, 0.05) is 36.2 Å². The van der Waals surface area contributed by atoms with Gasteiger partial charge in [-0.1, -0.05) is 11.6 Å². The highest BCUT2D eigenvalue weighted by atomic mass is 35.5. The van der Waals surface area contributed by atoms with Crippen LogP contribution in [-0.4, -0.2) is 24.3 Å². The molecule has 142 valence electrons. The van der Waals surface area contributed by atoms with Crippen molar-refractivity contribution in [3.63, 3.8) is 0 Å². The van der Waals surface area contributed by atoms with Crippen molar-refractivity contribution < 1.29 is 18.8 Å². The number of carbonyl (C=O) groups excluding carboxylic acids is 3. The summed E-state index contributed by atoms with van der Waals surface area (Å²) in [4.78, 5) is 34.9. The molecule has 0 spiro atoms. The van der Waals surface area contributed by atoms with Gasteiger partial charge in [0.25, 0.3) is 5.91 Å². The lowest BCUT2D eigenvalue weighted by Crippen LogP contribution is -2.25. The summed E-state index contributed by atoms with van der Waals surface area (Å²) >= 11 is 5.77. The largest absolute Gasteiger partial charge is 0.352 e. The maximum absolute atomic E-state index is 13.6. The zero-order chi connectivity index (χ0) is 19.8. The molecule has 0 aromatic heterocycles. The third kappa shape index (κ3) is 6.71. The molecule has 2 aromatic carbocycles.